The van der Waals surface area contributed by atoms with Crippen molar-refractivity contribution in [2.24, 2.45) is 0 Å². The molecule has 1 aliphatic rings. The largest absolute Gasteiger partial charge is 0.390 e. The van der Waals surface area contributed by atoms with Crippen molar-refractivity contribution in [3.8, 4) is 0 Å². The quantitative estimate of drug-likeness (QED) is 0.545. The molecular formula is C7H14O4. The molecule has 0 aromatic carbocycles. The van der Waals surface area contributed by atoms with Gasteiger partial charge in [0.1, 0.15) is 6.10 Å². The molecule has 0 spiro atoms. The first kappa shape index (κ1) is 8.93. The molecule has 66 valence electrons. The van der Waals surface area contributed by atoms with Gasteiger partial charge in [0, 0.05) is 13.5 Å². The zero-order chi connectivity index (χ0) is 8.43. The van der Waals surface area contributed by atoms with Crippen LogP contribution in [0, 0.1) is 0 Å². The van der Waals surface area contributed by atoms with Crippen molar-refractivity contribution < 1.29 is 19.7 Å². The summed E-state index contributed by atoms with van der Waals surface area (Å²) in [5.41, 5.74) is 0. The van der Waals surface area contributed by atoms with Gasteiger partial charge in [0.2, 0.25) is 0 Å². The smallest absolute Gasteiger partial charge is 0.157 e. The molecule has 4 heteroatoms. The molecule has 11 heavy (non-hydrogen) atoms. The van der Waals surface area contributed by atoms with Gasteiger partial charge < -0.3 is 19.7 Å². The van der Waals surface area contributed by atoms with Crippen LogP contribution in [0.1, 0.15) is 13.3 Å². The van der Waals surface area contributed by atoms with E-state index in [2.05, 4.69) is 0 Å². The summed E-state index contributed by atoms with van der Waals surface area (Å²) in [5, 5.41) is 18.4. The Morgan fingerprint density at radius 3 is 2.55 bits per heavy atom. The number of hydrogen-bond acceptors (Lipinski definition) is 4. The fraction of sp³-hybridized carbons (Fsp3) is 1.00. The highest BCUT2D eigenvalue weighted by Gasteiger charge is 2.34. The van der Waals surface area contributed by atoms with Crippen LogP contribution in [-0.2, 0) is 9.47 Å². The Balaban J connectivity index is 2.52. The second-order valence-electron chi connectivity index (χ2n) is 2.80. The van der Waals surface area contributed by atoms with E-state index in [4.69, 9.17) is 14.6 Å². The molecule has 0 amide bonds. The first-order valence-corrected chi connectivity index (χ1v) is 3.69. The van der Waals surface area contributed by atoms with Crippen molar-refractivity contribution in [2.45, 2.75) is 37.9 Å². The lowest BCUT2D eigenvalue weighted by molar-refractivity contribution is -0.232. The second kappa shape index (κ2) is 3.49. The molecule has 1 aliphatic heterocycles. The fourth-order valence-corrected chi connectivity index (χ4v) is 1.38. The number of methoxy groups -OCH3 is 1. The van der Waals surface area contributed by atoms with Crippen LogP contribution in [0.5, 0.6) is 0 Å². The highest BCUT2D eigenvalue weighted by atomic mass is 16.6. The molecular weight excluding hydrogens is 148 g/mol. The van der Waals surface area contributed by atoms with Crippen LogP contribution < -0.4 is 0 Å². The lowest BCUT2D eigenvalue weighted by atomic mass is 10.0. The van der Waals surface area contributed by atoms with E-state index >= 15 is 0 Å². The monoisotopic (exact) mass is 162 g/mol. The zero-order valence-corrected chi connectivity index (χ0v) is 6.73. The molecule has 0 aromatic rings. The minimum atomic E-state index is -0.855. The summed E-state index contributed by atoms with van der Waals surface area (Å²) in [4.78, 5) is 0. The van der Waals surface area contributed by atoms with Crippen LogP contribution >= 0.6 is 0 Å². The summed E-state index contributed by atoms with van der Waals surface area (Å²) in [6, 6.07) is 0. The number of aliphatic hydroxyl groups is 2. The van der Waals surface area contributed by atoms with E-state index < -0.39 is 12.4 Å². The van der Waals surface area contributed by atoms with E-state index in [9.17, 15) is 5.11 Å². The molecule has 1 rings (SSSR count). The molecule has 0 unspecified atom stereocenters. The van der Waals surface area contributed by atoms with Gasteiger partial charge in [-0.2, -0.15) is 0 Å². The maximum absolute atomic E-state index is 9.34. The molecule has 1 saturated heterocycles. The van der Waals surface area contributed by atoms with Crippen LogP contribution in [0.15, 0.2) is 0 Å². The Morgan fingerprint density at radius 1 is 1.45 bits per heavy atom. The topological polar surface area (TPSA) is 58.9 Å². The SMILES string of the molecule is CO[C@@H]1[C@H](O)C[C@H](O)O[C@H]1C. The van der Waals surface area contributed by atoms with Crippen molar-refractivity contribution >= 4 is 0 Å². The predicted molar refractivity (Wildman–Crippen MR) is 38.0 cm³/mol. The molecule has 0 radical (unpaired) electrons. The normalized spacial score (nSPS) is 45.8. The van der Waals surface area contributed by atoms with E-state index in [1.807, 2.05) is 0 Å². The molecule has 0 bridgehead atoms. The van der Waals surface area contributed by atoms with Gasteiger partial charge in [-0.15, -0.1) is 0 Å². The summed E-state index contributed by atoms with van der Waals surface area (Å²) in [6.07, 6.45) is -1.83. The number of aliphatic hydroxyl groups excluding tert-OH is 2. The van der Waals surface area contributed by atoms with Gasteiger partial charge in [0.05, 0.1) is 12.2 Å². The summed E-state index contributed by atoms with van der Waals surface area (Å²) in [5.74, 6) is 0. The Kier molecular flexibility index (Phi) is 2.84. The Morgan fingerprint density at radius 2 is 2.09 bits per heavy atom. The van der Waals surface area contributed by atoms with E-state index in [-0.39, 0.29) is 18.6 Å². The lowest BCUT2D eigenvalue weighted by Crippen LogP contribution is -2.47. The van der Waals surface area contributed by atoms with Crippen LogP contribution in [0.25, 0.3) is 0 Å². The van der Waals surface area contributed by atoms with Crippen LogP contribution in [-0.4, -0.2) is 41.9 Å². The fourth-order valence-electron chi connectivity index (χ4n) is 1.38. The van der Waals surface area contributed by atoms with Crippen molar-refractivity contribution in [3.63, 3.8) is 0 Å². The second-order valence-corrected chi connectivity index (χ2v) is 2.80. The van der Waals surface area contributed by atoms with E-state index in [0.29, 0.717) is 0 Å². The van der Waals surface area contributed by atoms with E-state index in [1.54, 1.807) is 6.92 Å². The lowest BCUT2D eigenvalue weighted by Gasteiger charge is -2.34. The summed E-state index contributed by atoms with van der Waals surface area (Å²) < 4.78 is 10.0. The first-order valence-electron chi connectivity index (χ1n) is 3.69. The summed E-state index contributed by atoms with van der Waals surface area (Å²) >= 11 is 0. The van der Waals surface area contributed by atoms with Crippen LogP contribution in [0.3, 0.4) is 0 Å². The zero-order valence-electron chi connectivity index (χ0n) is 6.73. The highest BCUT2D eigenvalue weighted by molar-refractivity contribution is 4.80. The van der Waals surface area contributed by atoms with Crippen LogP contribution in [0.4, 0.5) is 0 Å². The van der Waals surface area contributed by atoms with Gasteiger partial charge >= 0.3 is 0 Å². The third-order valence-corrected chi connectivity index (χ3v) is 1.93. The number of ether oxygens (including phenoxy) is 2. The summed E-state index contributed by atoms with van der Waals surface area (Å²) in [7, 11) is 1.52. The molecule has 1 heterocycles. The summed E-state index contributed by atoms with van der Waals surface area (Å²) in [6.45, 7) is 1.76. The average Bonchev–Trinajstić information content (AvgIpc) is 1.85. The third-order valence-electron chi connectivity index (χ3n) is 1.93. The van der Waals surface area contributed by atoms with Gasteiger partial charge in [0.25, 0.3) is 0 Å². The van der Waals surface area contributed by atoms with Crippen molar-refractivity contribution in [2.75, 3.05) is 7.11 Å². The van der Waals surface area contributed by atoms with Gasteiger partial charge in [-0.1, -0.05) is 0 Å². The first-order chi connectivity index (χ1) is 5.15. The van der Waals surface area contributed by atoms with Crippen molar-refractivity contribution in [3.05, 3.63) is 0 Å². The molecule has 0 aliphatic carbocycles. The predicted octanol–water partition coefficient (Wildman–Crippen LogP) is -0.510. The van der Waals surface area contributed by atoms with Gasteiger partial charge in [-0.05, 0) is 6.92 Å². The number of rotatable bonds is 1. The van der Waals surface area contributed by atoms with Crippen molar-refractivity contribution in [1.82, 2.24) is 0 Å². The molecule has 0 aromatic heterocycles. The average molecular weight is 162 g/mol. The molecule has 2 N–H and O–H groups in total. The molecule has 4 nitrogen and oxygen atoms in total. The molecule has 1 fully saturated rings. The maximum Gasteiger partial charge on any atom is 0.157 e. The minimum Gasteiger partial charge on any atom is -0.390 e. The van der Waals surface area contributed by atoms with Gasteiger partial charge in [0.15, 0.2) is 6.29 Å². The third kappa shape index (κ3) is 1.90. The van der Waals surface area contributed by atoms with E-state index in [0.717, 1.165) is 0 Å². The highest BCUT2D eigenvalue weighted by Crippen LogP contribution is 2.20. The van der Waals surface area contributed by atoms with E-state index in [1.165, 1.54) is 7.11 Å². The van der Waals surface area contributed by atoms with Gasteiger partial charge in [-0.25, -0.2) is 0 Å². The molecule has 4 atom stereocenters. The Bertz CT molecular complexity index is 116. The van der Waals surface area contributed by atoms with Gasteiger partial charge in [-0.3, -0.25) is 0 Å². The minimum absolute atomic E-state index is 0.225. The number of hydrogen-bond donors (Lipinski definition) is 2. The molecule has 0 saturated carbocycles. The Hall–Kier alpha value is -0.160. The van der Waals surface area contributed by atoms with Crippen molar-refractivity contribution in [1.29, 1.82) is 0 Å². The Labute approximate surface area is 65.7 Å². The maximum atomic E-state index is 9.34. The standard InChI is InChI=1S/C7H14O4/c1-4-7(10-2)5(8)3-6(9)11-4/h4-9H,3H2,1-2H3/t4-,5+,6+,7-/m0/s1. The van der Waals surface area contributed by atoms with Crippen LogP contribution in [0.2, 0.25) is 0 Å².